The van der Waals surface area contributed by atoms with Crippen LogP contribution in [0.25, 0.3) is 0 Å². The minimum atomic E-state index is -0.604. The topological polar surface area (TPSA) is 69.4 Å². The van der Waals surface area contributed by atoms with Crippen molar-refractivity contribution in [2.75, 3.05) is 6.61 Å². The third kappa shape index (κ3) is 18.7. The summed E-state index contributed by atoms with van der Waals surface area (Å²) >= 11 is 0. The zero-order valence-electron chi connectivity index (χ0n) is 15.6. The van der Waals surface area contributed by atoms with Crippen molar-refractivity contribution in [1.29, 1.82) is 0 Å². The van der Waals surface area contributed by atoms with Crippen LogP contribution in [0.15, 0.2) is 12.2 Å². The lowest BCUT2D eigenvalue weighted by Gasteiger charge is -2.02. The third-order valence-corrected chi connectivity index (χ3v) is 4.02. The van der Waals surface area contributed by atoms with Crippen molar-refractivity contribution in [3.05, 3.63) is 12.2 Å². The number of allylic oxidation sites excluding steroid dienone is 2. The number of primary amides is 1. The van der Waals surface area contributed by atoms with Gasteiger partial charge in [0, 0.05) is 6.42 Å². The molecule has 0 aliphatic carbocycles. The zero-order chi connectivity index (χ0) is 17.9. The number of unbranched alkanes of at least 4 members (excludes halogenated alkanes) is 11. The Kier molecular flexibility index (Phi) is 17.0. The van der Waals surface area contributed by atoms with E-state index in [1.165, 1.54) is 57.8 Å². The molecule has 24 heavy (non-hydrogen) atoms. The normalized spacial score (nSPS) is 11.0. The van der Waals surface area contributed by atoms with E-state index in [1.54, 1.807) is 0 Å². The van der Waals surface area contributed by atoms with Gasteiger partial charge in [0.25, 0.3) is 5.91 Å². The van der Waals surface area contributed by atoms with Crippen LogP contribution in [-0.2, 0) is 14.3 Å². The highest BCUT2D eigenvalue weighted by atomic mass is 16.5. The first kappa shape index (κ1) is 22.7. The van der Waals surface area contributed by atoms with E-state index >= 15 is 0 Å². The van der Waals surface area contributed by atoms with E-state index in [0.717, 1.165) is 25.7 Å². The molecule has 0 atom stereocenters. The van der Waals surface area contributed by atoms with Gasteiger partial charge in [-0.3, -0.25) is 9.59 Å². The van der Waals surface area contributed by atoms with Crippen molar-refractivity contribution in [3.8, 4) is 0 Å². The Morgan fingerprint density at radius 1 is 0.792 bits per heavy atom. The smallest absolute Gasteiger partial charge is 0.306 e. The molecule has 4 nitrogen and oxygen atoms in total. The van der Waals surface area contributed by atoms with Gasteiger partial charge < -0.3 is 10.5 Å². The fourth-order valence-corrected chi connectivity index (χ4v) is 2.56. The fourth-order valence-electron chi connectivity index (χ4n) is 2.56. The number of rotatable bonds is 17. The summed E-state index contributed by atoms with van der Waals surface area (Å²) in [5, 5.41) is 0. The van der Waals surface area contributed by atoms with Gasteiger partial charge in [-0.05, 0) is 32.1 Å². The van der Waals surface area contributed by atoms with Crippen LogP contribution in [0.4, 0.5) is 0 Å². The first-order valence-corrected chi connectivity index (χ1v) is 9.75. The molecule has 0 bridgehead atoms. The summed E-state index contributed by atoms with van der Waals surface area (Å²) in [6, 6.07) is 0. The highest BCUT2D eigenvalue weighted by Gasteiger charge is 2.04. The van der Waals surface area contributed by atoms with E-state index in [1.807, 2.05) is 0 Å². The molecule has 0 rings (SSSR count). The Labute approximate surface area is 148 Å². The van der Waals surface area contributed by atoms with Crippen molar-refractivity contribution in [2.24, 2.45) is 5.73 Å². The quantitative estimate of drug-likeness (QED) is 0.229. The van der Waals surface area contributed by atoms with Crippen molar-refractivity contribution >= 4 is 11.9 Å². The van der Waals surface area contributed by atoms with Crippen LogP contribution < -0.4 is 5.73 Å². The van der Waals surface area contributed by atoms with Gasteiger partial charge in [-0.2, -0.15) is 0 Å². The Balaban J connectivity index is 3.20. The first-order valence-electron chi connectivity index (χ1n) is 9.75. The molecule has 0 unspecified atom stereocenters. The molecule has 2 N–H and O–H groups in total. The highest BCUT2D eigenvalue weighted by Crippen LogP contribution is 2.10. The Morgan fingerprint density at radius 2 is 1.29 bits per heavy atom. The summed E-state index contributed by atoms with van der Waals surface area (Å²) in [6.07, 6.45) is 21.0. The average molecular weight is 340 g/mol. The fraction of sp³-hybridized carbons (Fsp3) is 0.800. The molecule has 0 aromatic carbocycles. The van der Waals surface area contributed by atoms with Crippen molar-refractivity contribution in [1.82, 2.24) is 0 Å². The summed E-state index contributed by atoms with van der Waals surface area (Å²) in [4.78, 5) is 21.7. The number of nitrogens with two attached hydrogens (primary N) is 1. The van der Waals surface area contributed by atoms with Crippen LogP contribution in [0, 0.1) is 0 Å². The molecule has 1 amide bonds. The number of hydrogen-bond donors (Lipinski definition) is 1. The number of esters is 1. The van der Waals surface area contributed by atoms with Crippen LogP contribution in [0.1, 0.15) is 96.8 Å². The molecule has 0 aliphatic heterocycles. The molecule has 0 radical (unpaired) electrons. The maximum absolute atomic E-state index is 11.2. The lowest BCUT2D eigenvalue weighted by atomic mass is 10.1. The summed E-state index contributed by atoms with van der Waals surface area (Å²) in [7, 11) is 0. The monoisotopic (exact) mass is 339 g/mol. The van der Waals surface area contributed by atoms with Gasteiger partial charge >= 0.3 is 5.97 Å². The number of amides is 1. The van der Waals surface area contributed by atoms with Gasteiger partial charge in [-0.15, -0.1) is 0 Å². The first-order chi connectivity index (χ1) is 11.7. The van der Waals surface area contributed by atoms with Gasteiger partial charge in [-0.25, -0.2) is 0 Å². The number of carbonyl (C=O) groups excluding carboxylic acids is 2. The van der Waals surface area contributed by atoms with E-state index < -0.39 is 5.91 Å². The Bertz CT molecular complexity index is 340. The van der Waals surface area contributed by atoms with Crippen LogP contribution in [-0.4, -0.2) is 18.5 Å². The molecular formula is C20H37NO3. The Hall–Kier alpha value is -1.32. The van der Waals surface area contributed by atoms with Gasteiger partial charge in [0.1, 0.15) is 0 Å². The van der Waals surface area contributed by atoms with Gasteiger partial charge in [0.15, 0.2) is 6.61 Å². The molecule has 0 aromatic rings. The highest BCUT2D eigenvalue weighted by molar-refractivity contribution is 5.78. The van der Waals surface area contributed by atoms with E-state index in [2.05, 4.69) is 19.1 Å². The van der Waals surface area contributed by atoms with Crippen molar-refractivity contribution in [3.63, 3.8) is 0 Å². The molecule has 140 valence electrons. The maximum atomic E-state index is 11.2. The second-order valence-corrected chi connectivity index (χ2v) is 6.46. The Morgan fingerprint density at radius 3 is 1.83 bits per heavy atom. The minimum absolute atomic E-state index is 0.302. The predicted molar refractivity (Wildman–Crippen MR) is 99.6 cm³/mol. The van der Waals surface area contributed by atoms with Gasteiger partial charge in [0.05, 0.1) is 0 Å². The largest absolute Gasteiger partial charge is 0.456 e. The average Bonchev–Trinajstić information content (AvgIpc) is 2.56. The second-order valence-electron chi connectivity index (χ2n) is 6.46. The minimum Gasteiger partial charge on any atom is -0.456 e. The predicted octanol–water partition coefficient (Wildman–Crippen LogP) is 5.05. The summed E-state index contributed by atoms with van der Waals surface area (Å²) in [5.41, 5.74) is 4.90. The summed E-state index contributed by atoms with van der Waals surface area (Å²) < 4.78 is 4.70. The maximum Gasteiger partial charge on any atom is 0.306 e. The number of ether oxygens (including phenoxy) is 1. The van der Waals surface area contributed by atoms with Crippen LogP contribution in [0.2, 0.25) is 0 Å². The molecule has 4 heteroatoms. The molecule has 0 heterocycles. The molecule has 0 spiro atoms. The standard InChI is InChI=1S/C20H37NO3/c1-2-3-4-5-6-7-8-9-10-11-12-13-14-15-16-17-20(23)24-18-19(21)22/h9-10H,2-8,11-18H2,1H3,(H2,21,22)/b10-9-. The lowest BCUT2D eigenvalue weighted by molar-refractivity contribution is -0.147. The number of carbonyl (C=O) groups is 2. The van der Waals surface area contributed by atoms with Crippen LogP contribution in [0.5, 0.6) is 0 Å². The SMILES string of the molecule is CCCCCCCC/C=C\CCCCCCCC(=O)OCC(N)=O. The van der Waals surface area contributed by atoms with Gasteiger partial charge in [0.2, 0.25) is 0 Å². The molecular weight excluding hydrogens is 302 g/mol. The molecule has 0 aliphatic rings. The molecule has 0 saturated carbocycles. The molecule has 0 fully saturated rings. The van der Waals surface area contributed by atoms with E-state index in [-0.39, 0.29) is 12.6 Å². The van der Waals surface area contributed by atoms with Crippen LogP contribution >= 0.6 is 0 Å². The van der Waals surface area contributed by atoms with Crippen LogP contribution in [0.3, 0.4) is 0 Å². The zero-order valence-corrected chi connectivity index (χ0v) is 15.6. The summed E-state index contributed by atoms with van der Waals surface area (Å²) in [6.45, 7) is 1.95. The van der Waals surface area contributed by atoms with Crippen molar-refractivity contribution in [2.45, 2.75) is 96.8 Å². The number of hydrogen-bond acceptors (Lipinski definition) is 3. The molecule has 0 aromatic heterocycles. The third-order valence-electron chi connectivity index (χ3n) is 4.02. The second kappa shape index (κ2) is 18.0. The van der Waals surface area contributed by atoms with Gasteiger partial charge in [-0.1, -0.05) is 70.4 Å². The molecule has 0 saturated heterocycles. The van der Waals surface area contributed by atoms with Crippen molar-refractivity contribution < 1.29 is 14.3 Å². The van der Waals surface area contributed by atoms with E-state index in [0.29, 0.717) is 6.42 Å². The van der Waals surface area contributed by atoms with E-state index in [9.17, 15) is 9.59 Å². The summed E-state index contributed by atoms with van der Waals surface area (Å²) in [5.74, 6) is -0.931. The van der Waals surface area contributed by atoms with E-state index in [4.69, 9.17) is 10.5 Å². The lowest BCUT2D eigenvalue weighted by Crippen LogP contribution is -2.20.